The predicted octanol–water partition coefficient (Wildman–Crippen LogP) is 11.0. The quantitative estimate of drug-likeness (QED) is 0.177. The van der Waals surface area contributed by atoms with Crippen molar-refractivity contribution < 1.29 is 0 Å². The summed E-state index contributed by atoms with van der Waals surface area (Å²) in [7, 11) is 0. The first-order valence-electron chi connectivity index (χ1n) is 16.1. The predicted molar refractivity (Wildman–Crippen MR) is 200 cm³/mol. The number of benzene rings is 9. The van der Waals surface area contributed by atoms with Crippen LogP contribution in [0.5, 0.6) is 0 Å². The van der Waals surface area contributed by atoms with E-state index in [0.29, 0.717) is 0 Å². The lowest BCUT2D eigenvalue weighted by molar-refractivity contribution is 1.41. The normalized spacial score (nSPS) is 13.3. The van der Waals surface area contributed by atoms with Crippen LogP contribution < -0.4 is 10.4 Å². The summed E-state index contributed by atoms with van der Waals surface area (Å²) < 4.78 is 0. The number of fused-ring (bicyclic) bond motifs is 12. The van der Waals surface area contributed by atoms with Crippen molar-refractivity contribution in [3.63, 3.8) is 0 Å². The molecule has 9 rings (SSSR count). The third-order valence-electron chi connectivity index (χ3n) is 10.1. The number of hydrogen-bond acceptors (Lipinski definition) is 0. The second-order valence-corrected chi connectivity index (χ2v) is 12.5. The molecule has 0 fully saturated rings. The van der Waals surface area contributed by atoms with Gasteiger partial charge in [0.15, 0.2) is 0 Å². The largest absolute Gasteiger partial charge is 0.0616 e. The lowest BCUT2D eigenvalue weighted by Crippen LogP contribution is -2.28. The van der Waals surface area contributed by atoms with E-state index in [1.54, 1.807) is 0 Å². The van der Waals surface area contributed by atoms with Gasteiger partial charge >= 0.3 is 0 Å². The van der Waals surface area contributed by atoms with Crippen LogP contribution in [-0.4, -0.2) is 0 Å². The topological polar surface area (TPSA) is 0 Å². The van der Waals surface area contributed by atoms with Gasteiger partial charge in [-0.15, -0.1) is 0 Å². The molecule has 0 aliphatic rings. The minimum Gasteiger partial charge on any atom is -0.0616 e. The Kier molecular flexibility index (Phi) is 6.05. The van der Waals surface area contributed by atoms with E-state index in [1.807, 2.05) is 0 Å². The highest BCUT2D eigenvalue weighted by Gasteiger charge is 2.12. The maximum Gasteiger partial charge on any atom is -0.00929 e. The van der Waals surface area contributed by atoms with E-state index in [1.165, 1.54) is 97.3 Å². The molecule has 0 nitrogen and oxygen atoms in total. The highest BCUT2D eigenvalue weighted by Crippen LogP contribution is 2.37. The first kappa shape index (κ1) is 26.7. The second-order valence-electron chi connectivity index (χ2n) is 12.5. The van der Waals surface area contributed by atoms with Crippen molar-refractivity contribution in [2.45, 2.75) is 13.8 Å². The molecule has 0 heteroatoms. The third kappa shape index (κ3) is 4.00. The van der Waals surface area contributed by atoms with Gasteiger partial charge in [-0.05, 0) is 123 Å². The number of rotatable bonds is 2. The highest BCUT2D eigenvalue weighted by molar-refractivity contribution is 6.26. The first-order valence-corrected chi connectivity index (χ1v) is 16.1. The molecule has 0 saturated carbocycles. The lowest BCUT2D eigenvalue weighted by Gasteiger charge is -2.13. The molecule has 0 amide bonds. The Hall–Kier alpha value is -5.72. The van der Waals surface area contributed by atoms with Crippen LogP contribution in [-0.2, 0) is 0 Å². The molecule has 0 atom stereocenters. The molecular weight excluding hydrogens is 553 g/mol. The maximum absolute atomic E-state index is 2.40. The zero-order chi connectivity index (χ0) is 30.8. The van der Waals surface area contributed by atoms with Crippen LogP contribution in [0.1, 0.15) is 25.0 Å². The Morgan fingerprint density at radius 3 is 0.804 bits per heavy atom. The van der Waals surface area contributed by atoms with E-state index in [-0.39, 0.29) is 0 Å². The van der Waals surface area contributed by atoms with Crippen LogP contribution in [0, 0.1) is 0 Å². The highest BCUT2D eigenvalue weighted by atomic mass is 14.2. The summed E-state index contributed by atoms with van der Waals surface area (Å²) in [6, 6.07) is 58.2. The third-order valence-corrected chi connectivity index (χ3v) is 10.1. The van der Waals surface area contributed by atoms with Gasteiger partial charge in [0, 0.05) is 0 Å². The van der Waals surface area contributed by atoms with E-state index in [2.05, 4.69) is 172 Å². The van der Waals surface area contributed by atoms with Crippen molar-refractivity contribution in [1.82, 2.24) is 0 Å². The molecule has 0 unspecified atom stereocenters. The second kappa shape index (κ2) is 10.4. The van der Waals surface area contributed by atoms with Gasteiger partial charge in [0.25, 0.3) is 0 Å². The molecule has 0 spiro atoms. The van der Waals surface area contributed by atoms with Gasteiger partial charge in [-0.3, -0.25) is 0 Å². The van der Waals surface area contributed by atoms with Gasteiger partial charge in [0.2, 0.25) is 0 Å². The van der Waals surface area contributed by atoms with Gasteiger partial charge in [0.1, 0.15) is 0 Å². The molecular formula is C46H32. The summed E-state index contributed by atoms with van der Waals surface area (Å²) in [5, 5.41) is 18.2. The fourth-order valence-electron chi connectivity index (χ4n) is 7.73. The van der Waals surface area contributed by atoms with Crippen molar-refractivity contribution in [3.8, 4) is 0 Å². The monoisotopic (exact) mass is 584 g/mol. The van der Waals surface area contributed by atoms with Crippen molar-refractivity contribution in [3.05, 3.63) is 179 Å². The summed E-state index contributed by atoms with van der Waals surface area (Å²) in [5.41, 5.74) is 5.07. The molecule has 0 aliphatic carbocycles. The average Bonchev–Trinajstić information content (AvgIpc) is 3.14. The van der Waals surface area contributed by atoms with Crippen molar-refractivity contribution in [2.24, 2.45) is 0 Å². The molecule has 0 N–H and O–H groups in total. The molecule has 9 aromatic rings. The minimum absolute atomic E-state index is 1.25. The molecule has 0 radical (unpaired) electrons. The lowest BCUT2D eigenvalue weighted by atomic mass is 9.91. The van der Waals surface area contributed by atoms with E-state index in [9.17, 15) is 0 Å². The van der Waals surface area contributed by atoms with Crippen molar-refractivity contribution >= 4 is 75.8 Å². The van der Waals surface area contributed by atoms with E-state index in [0.717, 1.165) is 0 Å². The maximum atomic E-state index is 2.40. The van der Waals surface area contributed by atoms with Crippen LogP contribution in [0.2, 0.25) is 0 Å². The summed E-state index contributed by atoms with van der Waals surface area (Å²) >= 11 is 0. The smallest absolute Gasteiger partial charge is 0.00929 e. The fourth-order valence-corrected chi connectivity index (χ4v) is 7.73. The van der Waals surface area contributed by atoms with Gasteiger partial charge in [0.05, 0.1) is 0 Å². The summed E-state index contributed by atoms with van der Waals surface area (Å²) in [6.45, 7) is 4.55. The van der Waals surface area contributed by atoms with Gasteiger partial charge < -0.3 is 0 Å². The Morgan fingerprint density at radius 1 is 0.261 bits per heavy atom. The summed E-state index contributed by atoms with van der Waals surface area (Å²) in [6.07, 6.45) is 0. The Labute approximate surface area is 268 Å². The van der Waals surface area contributed by atoms with Gasteiger partial charge in [-0.1, -0.05) is 146 Å². The first-order chi connectivity index (χ1) is 22.7. The molecule has 46 heavy (non-hydrogen) atoms. The van der Waals surface area contributed by atoms with Crippen LogP contribution in [0.15, 0.2) is 158 Å². The summed E-state index contributed by atoms with van der Waals surface area (Å²) in [5.74, 6) is 0. The Balaban J connectivity index is 1.30. The molecule has 9 aromatic carbocycles. The van der Waals surface area contributed by atoms with Crippen LogP contribution >= 0.6 is 0 Å². The van der Waals surface area contributed by atoms with Crippen LogP contribution in [0.25, 0.3) is 75.8 Å². The Morgan fingerprint density at radius 2 is 0.500 bits per heavy atom. The van der Waals surface area contributed by atoms with Gasteiger partial charge in [-0.25, -0.2) is 0 Å². The molecule has 0 saturated heterocycles. The zero-order valence-electron chi connectivity index (χ0n) is 26.0. The molecule has 0 aromatic heterocycles. The van der Waals surface area contributed by atoms with E-state index < -0.39 is 0 Å². The van der Waals surface area contributed by atoms with Crippen LogP contribution in [0.4, 0.5) is 0 Å². The SMILES string of the molecule is C/C(c1ccc2c3ccccc3c3ccccc3c2c1)=c1/cccc/c1=C(/C)c1ccc2c3ccccc3c3ccccc3c2c1. The molecule has 216 valence electrons. The average molecular weight is 585 g/mol. The van der Waals surface area contributed by atoms with Crippen LogP contribution in [0.3, 0.4) is 0 Å². The number of hydrogen-bond donors (Lipinski definition) is 0. The molecule has 0 heterocycles. The standard InChI is InChI=1S/C46H32/c1-29(31-23-25-43-39-19-7-5-15-35(39)37-17-9-11-21-41(37)45(43)27-31)33-13-3-4-14-34(33)30(2)32-24-26-44-40-20-8-6-16-36(40)38-18-10-12-22-42(38)46(44)28-32/h3-28H,1-2H3/b33-29+,34-30+. The van der Waals surface area contributed by atoms with Gasteiger partial charge in [-0.2, -0.15) is 0 Å². The minimum atomic E-state index is 1.25. The Bertz CT molecular complexity index is 2550. The molecule has 0 bridgehead atoms. The summed E-state index contributed by atoms with van der Waals surface area (Å²) in [4.78, 5) is 0. The zero-order valence-corrected chi connectivity index (χ0v) is 26.0. The van der Waals surface area contributed by atoms with Crippen molar-refractivity contribution in [1.29, 1.82) is 0 Å². The van der Waals surface area contributed by atoms with E-state index >= 15 is 0 Å². The van der Waals surface area contributed by atoms with Crippen molar-refractivity contribution in [2.75, 3.05) is 0 Å². The fraction of sp³-hybridized carbons (Fsp3) is 0.0435. The van der Waals surface area contributed by atoms with E-state index in [4.69, 9.17) is 0 Å². The molecule has 0 aliphatic heterocycles.